The maximum Gasteiger partial charge on any atom is 0.223 e. The molecule has 1 aliphatic rings. The van der Waals surface area contributed by atoms with Crippen molar-refractivity contribution in [1.29, 1.82) is 0 Å². The minimum atomic E-state index is -0.359. The predicted octanol–water partition coefficient (Wildman–Crippen LogP) is 2.96. The Labute approximate surface area is 135 Å². The second-order valence-corrected chi connectivity index (χ2v) is 6.87. The molecule has 1 fully saturated rings. The van der Waals surface area contributed by atoms with Crippen LogP contribution in [0.1, 0.15) is 25.3 Å². The highest BCUT2D eigenvalue weighted by atomic mass is 79.9. The van der Waals surface area contributed by atoms with Crippen molar-refractivity contribution < 1.29 is 9.53 Å². The average molecular weight is 406 g/mol. The van der Waals surface area contributed by atoms with Crippen LogP contribution in [-0.4, -0.2) is 18.6 Å². The maximum absolute atomic E-state index is 11.0. The summed E-state index contributed by atoms with van der Waals surface area (Å²) in [4.78, 5) is 11.0. The molecule has 1 aromatic rings. The molecule has 2 rings (SSSR count). The number of ether oxygens (including phenoxy) is 1. The molecule has 1 atom stereocenters. The Hall–Kier alpha value is -0.590. The van der Waals surface area contributed by atoms with Crippen LogP contribution in [-0.2, 0) is 11.3 Å². The number of primary amides is 1. The Morgan fingerprint density at radius 1 is 1.45 bits per heavy atom. The van der Waals surface area contributed by atoms with Crippen molar-refractivity contribution in [2.75, 3.05) is 6.61 Å². The summed E-state index contributed by atoms with van der Waals surface area (Å²) < 4.78 is 7.41. The second kappa shape index (κ2) is 6.91. The minimum Gasteiger partial charge on any atom is -0.490 e. The van der Waals surface area contributed by atoms with Crippen LogP contribution in [0.2, 0.25) is 0 Å². The van der Waals surface area contributed by atoms with Crippen LogP contribution in [0.4, 0.5) is 0 Å². The van der Waals surface area contributed by atoms with Crippen LogP contribution in [0.25, 0.3) is 0 Å². The van der Waals surface area contributed by atoms with Gasteiger partial charge in [0.05, 0.1) is 21.5 Å². The lowest BCUT2D eigenvalue weighted by Gasteiger charge is -2.14. The zero-order valence-corrected chi connectivity index (χ0v) is 14.5. The number of nitrogens with two attached hydrogens (primary N) is 1. The Balaban J connectivity index is 1.99. The van der Waals surface area contributed by atoms with Crippen molar-refractivity contribution in [3.63, 3.8) is 0 Å². The van der Waals surface area contributed by atoms with Gasteiger partial charge in [-0.1, -0.05) is 6.92 Å². The molecule has 0 heterocycles. The third kappa shape index (κ3) is 4.46. The van der Waals surface area contributed by atoms with Gasteiger partial charge in [0.2, 0.25) is 5.91 Å². The molecule has 0 saturated heterocycles. The van der Waals surface area contributed by atoms with Gasteiger partial charge in [0.25, 0.3) is 0 Å². The highest BCUT2D eigenvalue weighted by Gasteiger charge is 2.20. The van der Waals surface area contributed by atoms with E-state index >= 15 is 0 Å². The van der Waals surface area contributed by atoms with Gasteiger partial charge < -0.3 is 15.8 Å². The Morgan fingerprint density at radius 3 is 2.55 bits per heavy atom. The molecule has 110 valence electrons. The van der Waals surface area contributed by atoms with Crippen molar-refractivity contribution in [2.45, 2.75) is 32.4 Å². The van der Waals surface area contributed by atoms with E-state index in [-0.39, 0.29) is 18.4 Å². The van der Waals surface area contributed by atoms with Gasteiger partial charge in [-0.2, -0.15) is 0 Å². The third-order valence-corrected chi connectivity index (χ3v) is 4.37. The van der Waals surface area contributed by atoms with Crippen LogP contribution in [0.5, 0.6) is 5.75 Å². The Bertz CT molecular complexity index is 481. The van der Waals surface area contributed by atoms with E-state index in [1.54, 1.807) is 6.92 Å². The molecule has 0 aromatic heterocycles. The SMILES string of the molecule is CC(COc1c(Br)cc(CNC2CC2)cc1Br)C(N)=O. The molecule has 0 aliphatic heterocycles. The summed E-state index contributed by atoms with van der Waals surface area (Å²) in [5.41, 5.74) is 6.41. The molecule has 6 heteroatoms. The van der Waals surface area contributed by atoms with Crippen molar-refractivity contribution in [2.24, 2.45) is 11.7 Å². The standard InChI is InChI=1S/C14H18Br2N2O2/c1-8(14(17)19)7-20-13-11(15)4-9(5-12(13)16)6-18-10-2-3-10/h4-5,8,10,18H,2-3,6-7H2,1H3,(H2,17,19). The molecule has 0 spiro atoms. The van der Waals surface area contributed by atoms with E-state index in [1.807, 2.05) is 12.1 Å². The first-order valence-electron chi connectivity index (χ1n) is 6.60. The fourth-order valence-corrected chi connectivity index (χ4v) is 3.20. The smallest absolute Gasteiger partial charge is 0.223 e. The molecule has 0 bridgehead atoms. The predicted molar refractivity (Wildman–Crippen MR) is 85.6 cm³/mol. The fraction of sp³-hybridized carbons (Fsp3) is 0.500. The lowest BCUT2D eigenvalue weighted by molar-refractivity contribution is -0.122. The van der Waals surface area contributed by atoms with Crippen LogP contribution in [0.15, 0.2) is 21.1 Å². The van der Waals surface area contributed by atoms with E-state index < -0.39 is 0 Å². The van der Waals surface area contributed by atoms with Gasteiger partial charge >= 0.3 is 0 Å². The summed E-state index contributed by atoms with van der Waals surface area (Å²) in [5, 5.41) is 3.47. The number of hydrogen-bond donors (Lipinski definition) is 2. The zero-order valence-electron chi connectivity index (χ0n) is 11.3. The zero-order chi connectivity index (χ0) is 14.7. The molecule has 1 amide bonds. The van der Waals surface area contributed by atoms with Gasteiger partial charge in [0.1, 0.15) is 5.75 Å². The van der Waals surface area contributed by atoms with E-state index in [2.05, 4.69) is 37.2 Å². The largest absolute Gasteiger partial charge is 0.490 e. The minimum absolute atomic E-state index is 0.270. The monoisotopic (exact) mass is 404 g/mol. The highest BCUT2D eigenvalue weighted by molar-refractivity contribution is 9.11. The van der Waals surface area contributed by atoms with Gasteiger partial charge in [-0.25, -0.2) is 0 Å². The lowest BCUT2D eigenvalue weighted by Crippen LogP contribution is -2.25. The summed E-state index contributed by atoms with van der Waals surface area (Å²) in [6.45, 7) is 2.87. The van der Waals surface area contributed by atoms with Gasteiger partial charge in [0.15, 0.2) is 0 Å². The van der Waals surface area contributed by atoms with Crippen LogP contribution in [0, 0.1) is 5.92 Å². The molecule has 20 heavy (non-hydrogen) atoms. The molecule has 1 unspecified atom stereocenters. The topological polar surface area (TPSA) is 64.3 Å². The number of nitrogens with one attached hydrogen (secondary N) is 1. The second-order valence-electron chi connectivity index (χ2n) is 5.16. The van der Waals surface area contributed by atoms with Crippen molar-refractivity contribution in [3.8, 4) is 5.75 Å². The summed E-state index contributed by atoms with van der Waals surface area (Å²) in [7, 11) is 0. The van der Waals surface area contributed by atoms with E-state index in [4.69, 9.17) is 10.5 Å². The number of carbonyl (C=O) groups is 1. The van der Waals surface area contributed by atoms with E-state index in [1.165, 1.54) is 18.4 Å². The van der Waals surface area contributed by atoms with E-state index in [0.29, 0.717) is 11.8 Å². The van der Waals surface area contributed by atoms with Crippen molar-refractivity contribution in [1.82, 2.24) is 5.32 Å². The van der Waals surface area contributed by atoms with E-state index in [9.17, 15) is 4.79 Å². The van der Waals surface area contributed by atoms with Crippen LogP contribution >= 0.6 is 31.9 Å². The number of carbonyl (C=O) groups excluding carboxylic acids is 1. The lowest BCUT2D eigenvalue weighted by atomic mass is 10.2. The number of halogens is 2. The number of benzene rings is 1. The summed E-state index contributed by atoms with van der Waals surface area (Å²) in [6.07, 6.45) is 2.54. The van der Waals surface area contributed by atoms with Gasteiger partial charge in [-0.15, -0.1) is 0 Å². The maximum atomic E-state index is 11.0. The van der Waals surface area contributed by atoms with Gasteiger partial charge in [0, 0.05) is 12.6 Å². The molecule has 4 nitrogen and oxygen atoms in total. The Morgan fingerprint density at radius 2 is 2.05 bits per heavy atom. The highest BCUT2D eigenvalue weighted by Crippen LogP contribution is 2.35. The third-order valence-electron chi connectivity index (χ3n) is 3.19. The Kier molecular flexibility index (Phi) is 5.46. The van der Waals surface area contributed by atoms with E-state index in [0.717, 1.165) is 15.5 Å². The van der Waals surface area contributed by atoms with Crippen LogP contribution in [0.3, 0.4) is 0 Å². The summed E-state index contributed by atoms with van der Waals surface area (Å²) in [6, 6.07) is 4.74. The molecule has 3 N–H and O–H groups in total. The fourth-order valence-electron chi connectivity index (χ4n) is 1.69. The first-order valence-corrected chi connectivity index (χ1v) is 8.19. The first-order chi connectivity index (χ1) is 9.47. The van der Waals surface area contributed by atoms with Crippen LogP contribution < -0.4 is 15.8 Å². The number of hydrogen-bond acceptors (Lipinski definition) is 3. The molecule has 1 saturated carbocycles. The molecule has 0 radical (unpaired) electrons. The molecule has 1 aromatic carbocycles. The normalized spacial score (nSPS) is 15.9. The van der Waals surface area contributed by atoms with Gasteiger partial charge in [-0.3, -0.25) is 4.79 Å². The molecule has 1 aliphatic carbocycles. The average Bonchev–Trinajstić information content (AvgIpc) is 3.18. The summed E-state index contributed by atoms with van der Waals surface area (Å²) in [5.74, 6) is 0.0285. The molecular formula is C14H18Br2N2O2. The quantitative estimate of drug-likeness (QED) is 0.732. The number of rotatable bonds is 7. The molecular weight excluding hydrogens is 388 g/mol. The van der Waals surface area contributed by atoms with Crippen molar-refractivity contribution in [3.05, 3.63) is 26.6 Å². The first kappa shape index (κ1) is 15.8. The number of amides is 1. The summed E-state index contributed by atoms with van der Waals surface area (Å²) >= 11 is 7.02. The van der Waals surface area contributed by atoms with Crippen molar-refractivity contribution >= 4 is 37.8 Å². The van der Waals surface area contributed by atoms with Gasteiger partial charge in [-0.05, 0) is 62.4 Å².